The first kappa shape index (κ1) is 27.3. The van der Waals surface area contributed by atoms with E-state index in [1.807, 2.05) is 13.8 Å². The quantitative estimate of drug-likeness (QED) is 0.302. The highest BCUT2D eigenvalue weighted by Crippen LogP contribution is 2.48. The second-order valence-electron chi connectivity index (χ2n) is 10.6. The van der Waals surface area contributed by atoms with Gasteiger partial charge in [-0.05, 0) is 67.1 Å². The molecule has 2 aliphatic rings. The number of hydrogen-bond acceptors (Lipinski definition) is 3. The molecule has 0 saturated heterocycles. The first-order valence-corrected chi connectivity index (χ1v) is 12.1. The van der Waals surface area contributed by atoms with Gasteiger partial charge in [-0.3, -0.25) is 4.98 Å². The van der Waals surface area contributed by atoms with Crippen LogP contribution in [0.15, 0.2) is 42.3 Å². The Morgan fingerprint density at radius 3 is 2.54 bits per heavy atom. The number of pyridine rings is 1. The Morgan fingerprint density at radius 2 is 2.00 bits per heavy atom. The molecule has 0 saturated carbocycles. The van der Waals surface area contributed by atoms with Gasteiger partial charge in [-0.25, -0.2) is 4.39 Å². The molecule has 2 aliphatic carbocycles. The van der Waals surface area contributed by atoms with Gasteiger partial charge >= 0.3 is 6.18 Å². The molecule has 1 heterocycles. The minimum atomic E-state index is -4.88. The molecule has 1 aromatic heterocycles. The van der Waals surface area contributed by atoms with Crippen LogP contribution in [0.25, 0.3) is 5.57 Å². The number of nitrogens with zero attached hydrogens (tertiary/aromatic N) is 1. The third-order valence-electron chi connectivity index (χ3n) is 6.73. The minimum Gasteiger partial charge on any atom is -0.388 e. The number of fused-ring (bicyclic) bond motifs is 1. The van der Waals surface area contributed by atoms with Crippen molar-refractivity contribution in [2.45, 2.75) is 90.5 Å². The van der Waals surface area contributed by atoms with Crippen LogP contribution in [0.4, 0.5) is 17.6 Å². The number of alkyl halides is 3. The molecule has 1 aromatic rings. The maximum Gasteiger partial charge on any atom is 0.419 e. The lowest BCUT2D eigenvalue weighted by atomic mass is 9.71. The second-order valence-corrected chi connectivity index (χ2v) is 10.6. The maximum atomic E-state index is 13.8. The van der Waals surface area contributed by atoms with Crippen molar-refractivity contribution in [3.63, 3.8) is 0 Å². The maximum absolute atomic E-state index is 13.8. The third-order valence-corrected chi connectivity index (χ3v) is 6.73. The summed E-state index contributed by atoms with van der Waals surface area (Å²) in [6, 6.07) is 0. The Bertz CT molecular complexity index is 1060. The molecule has 2 atom stereocenters. The highest BCUT2D eigenvalue weighted by molar-refractivity contribution is 5.75. The third kappa shape index (κ3) is 5.95. The van der Waals surface area contributed by atoms with Crippen molar-refractivity contribution in [1.29, 1.82) is 0 Å². The van der Waals surface area contributed by atoms with Gasteiger partial charge in [0.25, 0.3) is 0 Å². The van der Waals surface area contributed by atoms with Crippen molar-refractivity contribution in [3.8, 4) is 0 Å². The number of aliphatic hydroxyl groups is 2. The van der Waals surface area contributed by atoms with Crippen molar-refractivity contribution in [3.05, 3.63) is 70.4 Å². The number of aromatic nitrogens is 1. The highest BCUT2D eigenvalue weighted by Gasteiger charge is 2.38. The fraction of sp³-hybridized carbons (Fsp3) is 0.536. The van der Waals surface area contributed by atoms with Crippen LogP contribution in [0.3, 0.4) is 0 Å². The fourth-order valence-electron chi connectivity index (χ4n) is 5.20. The molecule has 0 radical (unpaired) electrons. The van der Waals surface area contributed by atoms with Crippen LogP contribution < -0.4 is 0 Å². The Morgan fingerprint density at radius 1 is 1.31 bits per heavy atom. The molecule has 7 heteroatoms. The van der Waals surface area contributed by atoms with Gasteiger partial charge in [0.05, 0.1) is 17.8 Å². The zero-order chi connectivity index (χ0) is 26.1. The van der Waals surface area contributed by atoms with Crippen LogP contribution in [0, 0.1) is 5.41 Å². The van der Waals surface area contributed by atoms with Crippen molar-refractivity contribution in [1.82, 2.24) is 4.98 Å². The molecule has 3 rings (SSSR count). The molecule has 0 bridgehead atoms. The molecule has 0 amide bonds. The van der Waals surface area contributed by atoms with E-state index in [1.54, 1.807) is 0 Å². The molecule has 2 N–H and O–H groups in total. The predicted molar refractivity (Wildman–Crippen MR) is 130 cm³/mol. The first-order valence-electron chi connectivity index (χ1n) is 12.1. The number of halogens is 4. The Kier molecular flexibility index (Phi) is 8.12. The summed E-state index contributed by atoms with van der Waals surface area (Å²) >= 11 is 0. The first-order chi connectivity index (χ1) is 16.3. The van der Waals surface area contributed by atoms with E-state index in [4.69, 9.17) is 4.98 Å². The van der Waals surface area contributed by atoms with E-state index < -0.39 is 29.8 Å². The molecular weight excluding hydrogens is 458 g/mol. The van der Waals surface area contributed by atoms with Gasteiger partial charge < -0.3 is 10.2 Å². The van der Waals surface area contributed by atoms with Crippen LogP contribution in [-0.4, -0.2) is 21.4 Å². The van der Waals surface area contributed by atoms with E-state index in [0.29, 0.717) is 36.3 Å². The Hall–Kier alpha value is -2.25. The van der Waals surface area contributed by atoms with E-state index in [-0.39, 0.29) is 17.8 Å². The number of aliphatic hydroxyl groups excluding tert-OH is 2. The van der Waals surface area contributed by atoms with Crippen LogP contribution in [0.1, 0.15) is 106 Å². The highest BCUT2D eigenvalue weighted by atomic mass is 19.4. The van der Waals surface area contributed by atoms with Gasteiger partial charge in [0.2, 0.25) is 0 Å². The zero-order valence-corrected chi connectivity index (χ0v) is 20.8. The lowest BCUT2D eigenvalue weighted by molar-refractivity contribution is -0.0897. The average molecular weight is 494 g/mol. The normalized spacial score (nSPS) is 21.7. The monoisotopic (exact) mass is 493 g/mol. The molecule has 0 aromatic carbocycles. The van der Waals surface area contributed by atoms with E-state index in [1.165, 1.54) is 0 Å². The van der Waals surface area contributed by atoms with E-state index in [9.17, 15) is 27.8 Å². The molecule has 0 aliphatic heterocycles. The van der Waals surface area contributed by atoms with E-state index in [0.717, 1.165) is 47.7 Å². The Balaban J connectivity index is 2.13. The summed E-state index contributed by atoms with van der Waals surface area (Å²) in [5.74, 6) is -1.52. The van der Waals surface area contributed by atoms with Gasteiger partial charge in [0, 0.05) is 22.5 Å². The lowest BCUT2D eigenvalue weighted by Gasteiger charge is -2.37. The van der Waals surface area contributed by atoms with Crippen molar-refractivity contribution in [2.24, 2.45) is 5.41 Å². The van der Waals surface area contributed by atoms with Gasteiger partial charge in [-0.1, -0.05) is 52.5 Å². The Labute approximate surface area is 205 Å². The largest absolute Gasteiger partial charge is 0.419 e. The molecule has 0 spiro atoms. The topological polar surface area (TPSA) is 53.4 Å². The van der Waals surface area contributed by atoms with Crippen molar-refractivity contribution >= 4 is 5.57 Å². The van der Waals surface area contributed by atoms with Gasteiger partial charge in [0.15, 0.2) is 0 Å². The van der Waals surface area contributed by atoms with Gasteiger partial charge in [-0.2, -0.15) is 13.2 Å². The summed E-state index contributed by atoms with van der Waals surface area (Å²) < 4.78 is 53.5. The van der Waals surface area contributed by atoms with Gasteiger partial charge in [-0.15, -0.1) is 0 Å². The molecule has 2 unspecified atom stereocenters. The molecule has 35 heavy (non-hydrogen) atoms. The molecule has 3 nitrogen and oxygen atoms in total. The average Bonchev–Trinajstić information content (AvgIpc) is 3.27. The summed E-state index contributed by atoms with van der Waals surface area (Å²) in [6.45, 7) is 11.2. The second kappa shape index (κ2) is 10.4. The summed E-state index contributed by atoms with van der Waals surface area (Å²) in [4.78, 5) is 4.90. The fourth-order valence-corrected chi connectivity index (χ4v) is 5.20. The molecule has 0 fully saturated rings. The van der Waals surface area contributed by atoms with Crippen LogP contribution in [0.2, 0.25) is 0 Å². The van der Waals surface area contributed by atoms with Crippen LogP contribution in [0.5, 0.6) is 0 Å². The number of rotatable bonds is 7. The lowest BCUT2D eigenvalue weighted by Crippen LogP contribution is -2.29. The number of allylic oxidation sites excluding steroid dienone is 6. The minimum absolute atomic E-state index is 0.0549. The van der Waals surface area contributed by atoms with Crippen molar-refractivity contribution < 1.29 is 27.8 Å². The van der Waals surface area contributed by atoms with Gasteiger partial charge in [0.1, 0.15) is 5.83 Å². The zero-order valence-electron chi connectivity index (χ0n) is 20.8. The van der Waals surface area contributed by atoms with Crippen LogP contribution in [-0.2, 0) is 6.42 Å². The summed E-state index contributed by atoms with van der Waals surface area (Å²) in [5.41, 5.74) is 3.05. The summed E-state index contributed by atoms with van der Waals surface area (Å²) in [5, 5.41) is 22.4. The SMILES string of the molecule is C=C/C(F)=C(\C=C/CC(O)c1c(C(C)C)nc2c(c1C1=CCCC1)C(O)CC(C)(C)C2)C(F)(F)F. The standard InChI is InChI=1S/C28H35F4NO2/c1-6-19(29)18(28(30,31)32)12-9-13-21(34)25-23(17-10-7-8-11-17)24-20(33-26(25)16(2)3)14-27(4,5)15-22(24)35/h6,9-10,12,16,21-22,34-35H,1,7-8,11,13-15H2,2-5H3/b12-9-,19-18-. The smallest absolute Gasteiger partial charge is 0.388 e. The molecule has 192 valence electrons. The predicted octanol–water partition coefficient (Wildman–Crippen LogP) is 7.73. The van der Waals surface area contributed by atoms with E-state index >= 15 is 0 Å². The molecular formula is C28H35F4NO2. The number of hydrogen-bond donors (Lipinski definition) is 2. The van der Waals surface area contributed by atoms with Crippen LogP contribution >= 0.6 is 0 Å². The summed E-state index contributed by atoms with van der Waals surface area (Å²) in [7, 11) is 0. The van der Waals surface area contributed by atoms with Crippen molar-refractivity contribution in [2.75, 3.05) is 0 Å². The summed E-state index contributed by atoms with van der Waals surface area (Å²) in [6.07, 6.45) is 1.34. The van der Waals surface area contributed by atoms with E-state index in [2.05, 4.69) is 26.5 Å².